The first-order chi connectivity index (χ1) is 50.8. The third-order valence-electron chi connectivity index (χ3n) is 16.8. The molecular weight excluding hydrogens is 1440 g/mol. The number of nitrogens with one attached hydrogen (secondary N) is 16. The Morgan fingerprint density at radius 1 is 0.636 bits per heavy atom. The molecule has 0 bridgehead atoms. The van der Waals surface area contributed by atoms with Crippen LogP contribution in [0.1, 0.15) is 137 Å². The number of primary amides is 1. The molecule has 40 heteroatoms. The fourth-order valence-corrected chi connectivity index (χ4v) is 13.5. The number of H-pyrrole nitrogens is 3. The average Bonchev–Trinajstić information content (AvgIpc) is 1.72. The minimum absolute atomic E-state index is 0.0113. The number of fused-ring (bicyclic) bond motifs is 1. The average molecular weight is 1540 g/mol. The number of carbonyl (C=O) groups is 15. The number of aliphatic hydroxyl groups is 1. The number of carboxylic acid groups (broad SMARTS) is 2. The number of aromatic amines is 3. The second-order valence-corrected chi connectivity index (χ2v) is 29.1. The van der Waals surface area contributed by atoms with Crippen molar-refractivity contribution in [2.45, 2.75) is 224 Å². The van der Waals surface area contributed by atoms with Gasteiger partial charge in [-0.2, -0.15) is 0 Å². The highest BCUT2D eigenvalue weighted by Crippen LogP contribution is 2.25. The SMILES string of the molecule is CCCC[C@@H]1NC(=O)[C@H](CCC)NC(=O)[C@H](CCC(=O)O)NC(=O)CNC(=O)[C@H](CC(C)C)NC(=O)[C@H](Cc2c[nH]cn2)NC(=O)[C@H](CCc2c[nH]nn2)NC(=O)[C@H](C)NC(=O)[C@@H](NC(=O)[C@H](CC(=O)O)NC(C)C)CSSC[C@@H](C(=O)NC(C(N)=O)[C@@H](C)O)NC(=O)[C@H](Cc2c[nH]c3ccccc23)NC1=O. The van der Waals surface area contributed by atoms with E-state index in [1.54, 1.807) is 65.1 Å². The summed E-state index contributed by atoms with van der Waals surface area (Å²) in [6, 6.07) is -12.1. The molecule has 1 saturated heterocycles. The Morgan fingerprint density at radius 2 is 1.23 bits per heavy atom. The number of unbranched alkanes of at least 4 members (excludes halogenated alkanes) is 1. The number of hydrogen-bond acceptors (Lipinski definition) is 22. The molecule has 13 amide bonds. The minimum Gasteiger partial charge on any atom is -0.481 e. The summed E-state index contributed by atoms with van der Waals surface area (Å²) in [6.07, 6.45) is 2.39. The van der Waals surface area contributed by atoms with Crippen LogP contribution in [0.3, 0.4) is 0 Å². The molecule has 1 unspecified atom stereocenters. The van der Waals surface area contributed by atoms with E-state index in [0.717, 1.165) is 21.6 Å². The fourth-order valence-electron chi connectivity index (χ4n) is 11.1. The predicted octanol–water partition coefficient (Wildman–Crippen LogP) is -3.10. The summed E-state index contributed by atoms with van der Waals surface area (Å²) in [7, 11) is 1.65. The number of aliphatic hydroxyl groups excluding tert-OH is 1. The van der Waals surface area contributed by atoms with Crippen molar-refractivity contribution in [2.24, 2.45) is 11.7 Å². The molecule has 21 N–H and O–H groups in total. The number of hydrogen-bond donors (Lipinski definition) is 20. The van der Waals surface area contributed by atoms with Crippen molar-refractivity contribution in [3.8, 4) is 0 Å². The lowest BCUT2D eigenvalue weighted by Crippen LogP contribution is -2.61. The Hall–Kier alpha value is -10.2. The van der Waals surface area contributed by atoms with Gasteiger partial charge in [0.15, 0.2) is 0 Å². The summed E-state index contributed by atoms with van der Waals surface area (Å²) in [5.74, 6) is -16.8. The molecule has 0 aliphatic carbocycles. The van der Waals surface area contributed by atoms with Gasteiger partial charge < -0.3 is 100 Å². The summed E-state index contributed by atoms with van der Waals surface area (Å²) in [6.45, 7) is 11.8. The molecular formula is C67H100N20O18S2. The van der Waals surface area contributed by atoms with Crippen LogP contribution in [0, 0.1) is 5.92 Å². The van der Waals surface area contributed by atoms with E-state index >= 15 is 4.79 Å². The second-order valence-electron chi connectivity index (χ2n) is 26.6. The van der Waals surface area contributed by atoms with Gasteiger partial charge in [-0.3, -0.25) is 77.0 Å². The van der Waals surface area contributed by atoms with Crippen molar-refractivity contribution in [3.63, 3.8) is 0 Å². The second kappa shape index (κ2) is 44.0. The quantitative estimate of drug-likeness (QED) is 0.0263. The molecule has 107 heavy (non-hydrogen) atoms. The lowest BCUT2D eigenvalue weighted by molar-refractivity contribution is -0.140. The summed E-state index contributed by atoms with van der Waals surface area (Å²) in [4.78, 5) is 220. The number of benzene rings is 1. The molecule has 3 aromatic heterocycles. The molecule has 0 radical (unpaired) electrons. The van der Waals surface area contributed by atoms with E-state index in [4.69, 9.17) is 5.73 Å². The van der Waals surface area contributed by atoms with Gasteiger partial charge in [-0.1, -0.05) is 106 Å². The number of aliphatic carboxylic acids is 2. The highest BCUT2D eigenvalue weighted by molar-refractivity contribution is 8.76. The number of nitrogens with two attached hydrogens (primary N) is 1. The van der Waals surface area contributed by atoms with E-state index in [2.05, 4.69) is 99.5 Å². The van der Waals surface area contributed by atoms with E-state index in [1.165, 1.54) is 32.6 Å². The number of carboxylic acids is 2. The maximum absolute atomic E-state index is 15.1. The van der Waals surface area contributed by atoms with Crippen molar-refractivity contribution in [2.75, 3.05) is 18.1 Å². The lowest BCUT2D eigenvalue weighted by Gasteiger charge is -2.28. The monoisotopic (exact) mass is 1540 g/mol. The van der Waals surface area contributed by atoms with Gasteiger partial charge in [0.05, 0.1) is 42.8 Å². The summed E-state index contributed by atoms with van der Waals surface area (Å²) < 4.78 is 0. The van der Waals surface area contributed by atoms with Gasteiger partial charge in [0.2, 0.25) is 76.8 Å². The maximum Gasteiger partial charge on any atom is 0.305 e. The smallest absolute Gasteiger partial charge is 0.305 e. The maximum atomic E-state index is 15.1. The van der Waals surface area contributed by atoms with Crippen LogP contribution in [-0.2, 0) is 91.2 Å². The van der Waals surface area contributed by atoms with Crippen LogP contribution in [0.5, 0.6) is 0 Å². The predicted molar refractivity (Wildman–Crippen MR) is 390 cm³/mol. The van der Waals surface area contributed by atoms with Gasteiger partial charge in [0, 0.05) is 66.3 Å². The van der Waals surface area contributed by atoms with Crippen LogP contribution in [0.4, 0.5) is 0 Å². The highest BCUT2D eigenvalue weighted by atomic mass is 33.1. The van der Waals surface area contributed by atoms with Crippen molar-refractivity contribution < 1.29 is 87.2 Å². The lowest BCUT2D eigenvalue weighted by atomic mass is 10.0. The summed E-state index contributed by atoms with van der Waals surface area (Å²) in [5.41, 5.74) is 7.31. The van der Waals surface area contributed by atoms with E-state index in [9.17, 15) is 82.4 Å². The molecule has 38 nitrogen and oxygen atoms in total. The van der Waals surface area contributed by atoms with E-state index in [-0.39, 0.29) is 63.0 Å². The number of para-hydroxylation sites is 1. The molecule has 0 saturated carbocycles. The van der Waals surface area contributed by atoms with Gasteiger partial charge in [-0.15, -0.1) is 5.10 Å². The Morgan fingerprint density at radius 3 is 1.82 bits per heavy atom. The third kappa shape index (κ3) is 29.6. The molecule has 588 valence electrons. The van der Waals surface area contributed by atoms with Crippen LogP contribution in [-0.4, -0.2) is 237 Å². The highest BCUT2D eigenvalue weighted by Gasteiger charge is 2.38. The van der Waals surface area contributed by atoms with Crippen LogP contribution in [0.25, 0.3) is 10.9 Å². The Bertz CT molecular complexity index is 3690. The summed E-state index contributed by atoms with van der Waals surface area (Å²) in [5, 5.41) is 74.6. The zero-order chi connectivity index (χ0) is 79.0. The molecule has 5 rings (SSSR count). The van der Waals surface area contributed by atoms with Gasteiger partial charge >= 0.3 is 11.9 Å². The topological polar surface area (TPSA) is 585 Å². The van der Waals surface area contributed by atoms with E-state index < -0.39 is 211 Å². The number of carbonyl (C=O) groups excluding carboxylic acids is 13. The summed E-state index contributed by atoms with van der Waals surface area (Å²) >= 11 is 0. The molecule has 1 fully saturated rings. The molecule has 1 aliphatic heterocycles. The zero-order valence-electron chi connectivity index (χ0n) is 60.8. The largest absolute Gasteiger partial charge is 0.481 e. The van der Waals surface area contributed by atoms with Gasteiger partial charge in [0.25, 0.3) is 0 Å². The number of aryl methyl sites for hydroxylation is 1. The van der Waals surface area contributed by atoms with Crippen molar-refractivity contribution in [3.05, 3.63) is 66.1 Å². The van der Waals surface area contributed by atoms with Crippen LogP contribution in [0.15, 0.2) is 49.2 Å². The van der Waals surface area contributed by atoms with Crippen LogP contribution < -0.4 is 74.9 Å². The third-order valence-corrected chi connectivity index (χ3v) is 19.2. The first-order valence-corrected chi connectivity index (χ1v) is 37.7. The zero-order valence-corrected chi connectivity index (χ0v) is 62.4. The minimum atomic E-state index is -1.72. The Labute approximate surface area is 624 Å². The Balaban J connectivity index is 1.63. The van der Waals surface area contributed by atoms with Crippen molar-refractivity contribution in [1.29, 1.82) is 0 Å². The molecule has 4 aromatic rings. The van der Waals surface area contributed by atoms with Gasteiger partial charge in [-0.05, 0) is 69.9 Å². The Kier molecular flexibility index (Phi) is 36.0. The van der Waals surface area contributed by atoms with Crippen molar-refractivity contribution >= 4 is 121 Å². The first-order valence-electron chi connectivity index (χ1n) is 35.2. The van der Waals surface area contributed by atoms with E-state index in [0.29, 0.717) is 35.0 Å². The van der Waals surface area contributed by atoms with Crippen LogP contribution in [0.2, 0.25) is 0 Å². The number of amides is 13. The molecule has 1 aliphatic rings. The van der Waals surface area contributed by atoms with Crippen LogP contribution >= 0.6 is 21.6 Å². The van der Waals surface area contributed by atoms with E-state index in [1.807, 2.05) is 6.92 Å². The van der Waals surface area contributed by atoms with Crippen molar-refractivity contribution in [1.82, 2.24) is 99.5 Å². The molecule has 4 heterocycles. The standard InChI is InChI=1S/C67H100N20O18S2/c1-9-11-16-43-60(98)81-47(23-37-26-70-41-17-13-12-15-40(37)41)63(101)84-51(67(105)85-55(36(8)88)56(68)94)31-107-106-30-50(83-65(103)49(25-54(92)93)74-34(5)6)66(104)75-35(7)57(95)77-45(19-18-38-28-73-87-86-38)62(100)82-48(24-39-27-69-32-72-39)64(102)80-46(22-33(3)4)58(96)71-29-52(89)76-44(20-21-53(90)91)61(99)78-42(14-10-2)59(97)79-43/h12-13,15,17,26-28,32-36,42-51,55,70,74,88H,9-11,14,16,18-25,29-31H2,1-8H3,(H2,68,94)(H,69,72)(H,71,96)(H,75,104)(H,76,89)(H,77,95)(H,78,99)(H,79,97)(H,80,102)(H,81,98)(H,82,100)(H,83,103)(H,84,101)(H,85,105)(H,90,91)(H,92,93)(H,73,86,87)/t35-,36+,42-,43-,44-,45-,46-,47-,48-,49-,50-,51-,55?/m0/s1. The number of imidazole rings is 1. The number of nitrogens with zero attached hydrogens (tertiary/aromatic N) is 3. The van der Waals surface area contributed by atoms with Gasteiger partial charge in [-0.25, -0.2) is 4.98 Å². The number of rotatable bonds is 27. The fraction of sp³-hybridized carbons (Fsp3) is 0.582. The normalized spacial score (nSPS) is 23.1. The molecule has 0 spiro atoms. The molecule has 1 aromatic carbocycles. The van der Waals surface area contributed by atoms with Gasteiger partial charge in [0.1, 0.15) is 66.5 Å². The number of aromatic nitrogens is 6. The molecule has 13 atom stereocenters. The first kappa shape index (κ1) is 87.4.